The number of hydrogen-bond donors (Lipinski definition) is 2. The quantitative estimate of drug-likeness (QED) is 0.709. The summed E-state index contributed by atoms with van der Waals surface area (Å²) in [6.45, 7) is 7.31. The van der Waals surface area contributed by atoms with E-state index < -0.39 is 5.41 Å². The number of amides is 1. The Kier molecular flexibility index (Phi) is 6.89. The Labute approximate surface area is 127 Å². The van der Waals surface area contributed by atoms with Gasteiger partial charge in [-0.2, -0.15) is 0 Å². The van der Waals surface area contributed by atoms with E-state index >= 15 is 0 Å². The molecule has 0 aromatic heterocycles. The van der Waals surface area contributed by atoms with Gasteiger partial charge in [0.05, 0.1) is 23.1 Å². The highest BCUT2D eigenvalue weighted by atomic mass is 32.1. The fourth-order valence-corrected chi connectivity index (χ4v) is 2.99. The van der Waals surface area contributed by atoms with Crippen molar-refractivity contribution < 1.29 is 9.53 Å². The summed E-state index contributed by atoms with van der Waals surface area (Å²) < 4.78 is 5.46. The van der Waals surface area contributed by atoms with Crippen molar-refractivity contribution in [2.75, 3.05) is 13.2 Å². The second-order valence-electron chi connectivity index (χ2n) is 5.99. The van der Waals surface area contributed by atoms with E-state index in [1.165, 1.54) is 0 Å². The summed E-state index contributed by atoms with van der Waals surface area (Å²) in [5, 5.41) is 3.11. The van der Waals surface area contributed by atoms with Crippen LogP contribution in [0.5, 0.6) is 0 Å². The predicted molar refractivity (Wildman–Crippen MR) is 85.6 cm³/mol. The zero-order chi connectivity index (χ0) is 15.2. The van der Waals surface area contributed by atoms with E-state index in [2.05, 4.69) is 19.2 Å². The third-order valence-corrected chi connectivity index (χ3v) is 4.63. The number of thiocarbonyl (C=S) groups is 1. The van der Waals surface area contributed by atoms with Crippen LogP contribution in [0.25, 0.3) is 0 Å². The molecule has 5 heteroatoms. The van der Waals surface area contributed by atoms with Crippen molar-refractivity contribution in [2.45, 2.75) is 58.9 Å². The molecule has 0 aromatic rings. The van der Waals surface area contributed by atoms with E-state index in [-0.39, 0.29) is 11.9 Å². The maximum Gasteiger partial charge on any atom is 0.233 e. The first kappa shape index (κ1) is 17.4. The largest absolute Gasteiger partial charge is 0.392 e. The number of carbonyl (C=O) groups is 1. The SMILES string of the molecule is CCOCC(NC(=O)C1(C(N)=S)CCCCC1)C(C)C. The van der Waals surface area contributed by atoms with Gasteiger partial charge in [-0.3, -0.25) is 4.79 Å². The van der Waals surface area contributed by atoms with E-state index in [4.69, 9.17) is 22.7 Å². The van der Waals surface area contributed by atoms with Crippen molar-refractivity contribution in [3.8, 4) is 0 Å². The van der Waals surface area contributed by atoms with Crippen LogP contribution in [0, 0.1) is 11.3 Å². The fourth-order valence-electron chi connectivity index (χ4n) is 2.69. The lowest BCUT2D eigenvalue weighted by molar-refractivity contribution is -0.130. The molecule has 0 radical (unpaired) electrons. The molecule has 0 aromatic carbocycles. The molecule has 0 saturated heterocycles. The molecule has 0 spiro atoms. The Morgan fingerprint density at radius 1 is 1.35 bits per heavy atom. The summed E-state index contributed by atoms with van der Waals surface area (Å²) >= 11 is 5.20. The molecule has 1 amide bonds. The normalized spacial score (nSPS) is 19.6. The first-order chi connectivity index (χ1) is 9.44. The molecule has 1 saturated carbocycles. The van der Waals surface area contributed by atoms with Gasteiger partial charge < -0.3 is 15.8 Å². The molecular weight excluding hydrogens is 272 g/mol. The van der Waals surface area contributed by atoms with Crippen molar-refractivity contribution in [3.63, 3.8) is 0 Å². The molecule has 3 N–H and O–H groups in total. The van der Waals surface area contributed by atoms with Gasteiger partial charge in [0.25, 0.3) is 0 Å². The molecule has 0 heterocycles. The number of nitrogens with one attached hydrogen (secondary N) is 1. The molecule has 1 atom stereocenters. The van der Waals surface area contributed by atoms with Gasteiger partial charge in [-0.15, -0.1) is 0 Å². The second kappa shape index (κ2) is 7.93. The van der Waals surface area contributed by atoms with Crippen LogP contribution in [0.15, 0.2) is 0 Å². The molecule has 1 aliphatic carbocycles. The molecule has 0 aliphatic heterocycles. The van der Waals surface area contributed by atoms with Gasteiger partial charge in [-0.05, 0) is 25.7 Å². The molecule has 1 rings (SSSR count). The number of carbonyl (C=O) groups excluding carboxylic acids is 1. The van der Waals surface area contributed by atoms with Crippen molar-refractivity contribution in [1.82, 2.24) is 5.32 Å². The smallest absolute Gasteiger partial charge is 0.233 e. The van der Waals surface area contributed by atoms with Crippen LogP contribution in [0.4, 0.5) is 0 Å². The Balaban J connectivity index is 2.76. The predicted octanol–water partition coefficient (Wildman–Crippen LogP) is 2.40. The maximum absolute atomic E-state index is 12.7. The van der Waals surface area contributed by atoms with E-state index in [1.54, 1.807) is 0 Å². The standard InChI is InChI=1S/C15H28N2O2S/c1-4-19-10-12(11(2)3)17-14(18)15(13(16)20)8-6-5-7-9-15/h11-12H,4-10H2,1-3H3,(H2,16,20)(H,17,18). The first-order valence-corrected chi connectivity index (χ1v) is 8.03. The molecule has 1 aliphatic rings. The third-order valence-electron chi connectivity index (χ3n) is 4.24. The van der Waals surface area contributed by atoms with Crippen LogP contribution >= 0.6 is 12.2 Å². The molecule has 20 heavy (non-hydrogen) atoms. The van der Waals surface area contributed by atoms with Crippen LogP contribution in [-0.2, 0) is 9.53 Å². The van der Waals surface area contributed by atoms with Crippen molar-refractivity contribution in [2.24, 2.45) is 17.1 Å². The van der Waals surface area contributed by atoms with Gasteiger partial charge in [-0.1, -0.05) is 45.3 Å². The molecule has 0 bridgehead atoms. The van der Waals surface area contributed by atoms with E-state index in [0.717, 1.165) is 32.1 Å². The Morgan fingerprint density at radius 3 is 2.40 bits per heavy atom. The topological polar surface area (TPSA) is 64.3 Å². The molecule has 4 nitrogen and oxygen atoms in total. The lowest BCUT2D eigenvalue weighted by Crippen LogP contribution is -2.54. The highest BCUT2D eigenvalue weighted by Gasteiger charge is 2.43. The zero-order valence-electron chi connectivity index (χ0n) is 12.9. The summed E-state index contributed by atoms with van der Waals surface area (Å²) in [7, 11) is 0. The number of hydrogen-bond acceptors (Lipinski definition) is 3. The summed E-state index contributed by atoms with van der Waals surface area (Å²) in [6.07, 6.45) is 4.73. The van der Waals surface area contributed by atoms with Gasteiger partial charge in [0, 0.05) is 6.61 Å². The van der Waals surface area contributed by atoms with Gasteiger partial charge in [-0.25, -0.2) is 0 Å². The fraction of sp³-hybridized carbons (Fsp3) is 0.867. The van der Waals surface area contributed by atoms with Crippen molar-refractivity contribution in [1.29, 1.82) is 0 Å². The third kappa shape index (κ3) is 4.16. The minimum Gasteiger partial charge on any atom is -0.392 e. The minimum absolute atomic E-state index is 0.00982. The van der Waals surface area contributed by atoms with Crippen LogP contribution < -0.4 is 11.1 Å². The molecule has 1 fully saturated rings. The summed E-state index contributed by atoms with van der Waals surface area (Å²) in [5.41, 5.74) is 5.25. The lowest BCUT2D eigenvalue weighted by atomic mass is 9.73. The number of ether oxygens (including phenoxy) is 1. The van der Waals surface area contributed by atoms with E-state index in [9.17, 15) is 4.79 Å². The molecule has 116 valence electrons. The number of nitrogens with two attached hydrogens (primary N) is 1. The zero-order valence-corrected chi connectivity index (χ0v) is 13.7. The van der Waals surface area contributed by atoms with Crippen molar-refractivity contribution >= 4 is 23.1 Å². The van der Waals surface area contributed by atoms with Crippen LogP contribution in [0.3, 0.4) is 0 Å². The highest BCUT2D eigenvalue weighted by Crippen LogP contribution is 2.37. The van der Waals surface area contributed by atoms with E-state index in [0.29, 0.717) is 24.1 Å². The monoisotopic (exact) mass is 300 g/mol. The maximum atomic E-state index is 12.7. The van der Waals surface area contributed by atoms with Gasteiger partial charge in [0.1, 0.15) is 0 Å². The van der Waals surface area contributed by atoms with Crippen LogP contribution in [0.2, 0.25) is 0 Å². The summed E-state index contributed by atoms with van der Waals surface area (Å²) in [6, 6.07) is 0.00982. The minimum atomic E-state index is -0.646. The van der Waals surface area contributed by atoms with Gasteiger partial charge in [0.2, 0.25) is 5.91 Å². The first-order valence-electron chi connectivity index (χ1n) is 7.62. The Bertz CT molecular complexity index is 339. The van der Waals surface area contributed by atoms with E-state index in [1.807, 2.05) is 6.92 Å². The number of rotatable bonds is 7. The molecular formula is C15H28N2O2S. The van der Waals surface area contributed by atoms with Gasteiger partial charge in [0.15, 0.2) is 0 Å². The average Bonchev–Trinajstić information content (AvgIpc) is 2.43. The summed E-state index contributed by atoms with van der Waals surface area (Å²) in [4.78, 5) is 13.0. The highest BCUT2D eigenvalue weighted by molar-refractivity contribution is 7.80. The average molecular weight is 300 g/mol. The molecule has 1 unspecified atom stereocenters. The Hall–Kier alpha value is -0.680. The van der Waals surface area contributed by atoms with Crippen molar-refractivity contribution in [3.05, 3.63) is 0 Å². The second-order valence-corrected chi connectivity index (χ2v) is 6.43. The lowest BCUT2D eigenvalue weighted by Gasteiger charge is -2.36. The van der Waals surface area contributed by atoms with Crippen LogP contribution in [-0.4, -0.2) is 30.2 Å². The van der Waals surface area contributed by atoms with Crippen LogP contribution in [0.1, 0.15) is 52.9 Å². The summed E-state index contributed by atoms with van der Waals surface area (Å²) in [5.74, 6) is 0.306. The van der Waals surface area contributed by atoms with Gasteiger partial charge >= 0.3 is 0 Å². The Morgan fingerprint density at radius 2 is 1.95 bits per heavy atom.